The fraction of sp³-hybridized carbons (Fsp3) is 0.609. The van der Waals surface area contributed by atoms with Crippen molar-refractivity contribution in [3.63, 3.8) is 0 Å². The van der Waals surface area contributed by atoms with Gasteiger partial charge in [-0.15, -0.1) is 0 Å². The maximum Gasteiger partial charge on any atom is 0.511 e. The summed E-state index contributed by atoms with van der Waals surface area (Å²) in [4.78, 5) is 35.2. The Hall–Kier alpha value is -2.70. The third-order valence-corrected chi connectivity index (χ3v) is 5.71. The van der Waals surface area contributed by atoms with Crippen LogP contribution < -0.4 is 5.32 Å². The van der Waals surface area contributed by atoms with Crippen LogP contribution in [0.4, 0.5) is 4.79 Å². The zero-order chi connectivity index (χ0) is 26.5. The van der Waals surface area contributed by atoms with Gasteiger partial charge in [0, 0.05) is 18.9 Å². The summed E-state index contributed by atoms with van der Waals surface area (Å²) in [5.74, 6) is -1.44. The van der Waals surface area contributed by atoms with E-state index in [9.17, 15) is 22.8 Å². The first-order chi connectivity index (χ1) is 16.3. The molecule has 1 aromatic carbocycles. The van der Waals surface area contributed by atoms with Gasteiger partial charge in [-0.25, -0.2) is 9.59 Å². The highest BCUT2D eigenvalue weighted by atomic mass is 32.2. The minimum Gasteiger partial charge on any atom is -0.431 e. The van der Waals surface area contributed by atoms with Gasteiger partial charge in [-0.05, 0) is 25.8 Å². The summed E-state index contributed by atoms with van der Waals surface area (Å²) in [5, 5.41) is 2.51. The van der Waals surface area contributed by atoms with E-state index in [1.165, 1.54) is 6.92 Å². The van der Waals surface area contributed by atoms with E-state index in [4.69, 9.17) is 23.1 Å². The molecule has 1 aromatic rings. The lowest BCUT2D eigenvalue weighted by atomic mass is 9.87. The Bertz CT molecular complexity index is 915. The minimum absolute atomic E-state index is 0.0454. The van der Waals surface area contributed by atoms with Gasteiger partial charge in [-0.1, -0.05) is 44.2 Å². The van der Waals surface area contributed by atoms with Gasteiger partial charge in [0.25, 0.3) is 10.1 Å². The number of carbonyl (C=O) groups excluding carboxylic acids is 3. The number of amides is 1. The second-order valence-electron chi connectivity index (χ2n) is 8.67. The molecule has 1 amide bonds. The van der Waals surface area contributed by atoms with E-state index in [1.807, 2.05) is 18.2 Å². The normalized spacial score (nSPS) is 12.6. The first-order valence-electron chi connectivity index (χ1n) is 11.1. The van der Waals surface area contributed by atoms with Crippen LogP contribution in [0.25, 0.3) is 0 Å². The van der Waals surface area contributed by atoms with Crippen molar-refractivity contribution >= 4 is 28.1 Å². The van der Waals surface area contributed by atoms with Crippen LogP contribution in [-0.2, 0) is 49.4 Å². The lowest BCUT2D eigenvalue weighted by molar-refractivity contribution is -0.178. The molecule has 0 saturated heterocycles. The third kappa shape index (κ3) is 13.1. The lowest BCUT2D eigenvalue weighted by Gasteiger charge is -2.32. The van der Waals surface area contributed by atoms with Gasteiger partial charge in [0.1, 0.15) is 0 Å². The SMILES string of the molecule is CC(=O)NCCCS(=O)(=O)OCC(C)(C)[C@@H](OCc1ccccc1)C(=O)OCOC(=O)OC(C)C. The molecule has 0 aliphatic carbocycles. The molecule has 35 heavy (non-hydrogen) atoms. The predicted octanol–water partition coefficient (Wildman–Crippen LogP) is 2.53. The zero-order valence-electron chi connectivity index (χ0n) is 20.8. The van der Waals surface area contributed by atoms with Gasteiger partial charge < -0.3 is 24.3 Å². The highest BCUT2D eigenvalue weighted by Gasteiger charge is 2.39. The van der Waals surface area contributed by atoms with Gasteiger partial charge >= 0.3 is 12.1 Å². The van der Waals surface area contributed by atoms with Crippen molar-refractivity contribution in [1.29, 1.82) is 0 Å². The summed E-state index contributed by atoms with van der Waals surface area (Å²) < 4.78 is 50.0. The molecule has 0 unspecified atom stereocenters. The van der Waals surface area contributed by atoms with Crippen LogP contribution in [0.5, 0.6) is 0 Å². The van der Waals surface area contributed by atoms with Crippen LogP contribution >= 0.6 is 0 Å². The largest absolute Gasteiger partial charge is 0.511 e. The minimum atomic E-state index is -3.92. The molecule has 0 bridgehead atoms. The molecule has 0 heterocycles. The van der Waals surface area contributed by atoms with Crippen molar-refractivity contribution < 1.29 is 45.9 Å². The summed E-state index contributed by atoms with van der Waals surface area (Å²) in [7, 11) is -3.92. The number of rotatable bonds is 15. The van der Waals surface area contributed by atoms with E-state index in [-0.39, 0.29) is 37.8 Å². The van der Waals surface area contributed by atoms with E-state index >= 15 is 0 Å². The number of carbonyl (C=O) groups is 3. The highest BCUT2D eigenvalue weighted by molar-refractivity contribution is 7.86. The Balaban J connectivity index is 2.79. The van der Waals surface area contributed by atoms with Crippen molar-refractivity contribution in [2.45, 2.75) is 59.9 Å². The summed E-state index contributed by atoms with van der Waals surface area (Å²) in [6.07, 6.45) is -2.48. The molecule has 0 radical (unpaired) electrons. The number of ether oxygens (including phenoxy) is 4. The van der Waals surface area contributed by atoms with Crippen molar-refractivity contribution in [1.82, 2.24) is 5.32 Å². The molecule has 0 aliphatic heterocycles. The van der Waals surface area contributed by atoms with Crippen LogP contribution in [0, 0.1) is 5.41 Å². The van der Waals surface area contributed by atoms with Crippen molar-refractivity contribution in [3.05, 3.63) is 35.9 Å². The Kier molecular flexibility index (Phi) is 12.7. The Morgan fingerprint density at radius 3 is 2.31 bits per heavy atom. The molecule has 0 fully saturated rings. The molecule has 1 rings (SSSR count). The second kappa shape index (κ2) is 14.6. The fourth-order valence-corrected chi connectivity index (χ4v) is 3.79. The molecule has 0 spiro atoms. The van der Waals surface area contributed by atoms with Crippen LogP contribution in [0.2, 0.25) is 0 Å². The molecule has 1 atom stereocenters. The summed E-state index contributed by atoms with van der Waals surface area (Å²) >= 11 is 0. The Morgan fingerprint density at radius 2 is 1.71 bits per heavy atom. The predicted molar refractivity (Wildman–Crippen MR) is 126 cm³/mol. The number of hydrogen-bond acceptors (Lipinski definition) is 10. The maximum absolute atomic E-state index is 12.8. The smallest absolute Gasteiger partial charge is 0.431 e. The van der Waals surface area contributed by atoms with Gasteiger partial charge in [-0.2, -0.15) is 8.42 Å². The van der Waals surface area contributed by atoms with E-state index < -0.39 is 46.7 Å². The Labute approximate surface area is 206 Å². The average molecular weight is 518 g/mol. The second-order valence-corrected chi connectivity index (χ2v) is 10.4. The number of hydrogen-bond donors (Lipinski definition) is 1. The topological polar surface area (TPSA) is 144 Å². The average Bonchev–Trinajstić information content (AvgIpc) is 2.76. The number of benzene rings is 1. The molecule has 1 N–H and O–H groups in total. The molecule has 0 saturated carbocycles. The van der Waals surface area contributed by atoms with Gasteiger partial charge in [-0.3, -0.25) is 8.98 Å². The fourth-order valence-electron chi connectivity index (χ4n) is 2.69. The van der Waals surface area contributed by atoms with Crippen LogP contribution in [-0.4, -0.2) is 64.4 Å². The maximum atomic E-state index is 12.8. The van der Waals surface area contributed by atoms with E-state index in [0.29, 0.717) is 0 Å². The van der Waals surface area contributed by atoms with E-state index in [2.05, 4.69) is 5.32 Å². The Morgan fingerprint density at radius 1 is 1.06 bits per heavy atom. The number of nitrogens with one attached hydrogen (secondary N) is 1. The van der Waals surface area contributed by atoms with Crippen LogP contribution in [0.15, 0.2) is 30.3 Å². The summed E-state index contributed by atoms with van der Waals surface area (Å²) in [6, 6.07) is 9.05. The molecule has 0 aliphatic rings. The van der Waals surface area contributed by atoms with E-state index in [0.717, 1.165) is 5.56 Å². The van der Waals surface area contributed by atoms with Crippen LogP contribution in [0.1, 0.15) is 46.6 Å². The third-order valence-electron chi connectivity index (χ3n) is 4.45. The number of esters is 1. The molecule has 0 aromatic heterocycles. The first kappa shape index (κ1) is 30.3. The lowest BCUT2D eigenvalue weighted by Crippen LogP contribution is -2.44. The summed E-state index contributed by atoms with van der Waals surface area (Å²) in [6.45, 7) is 6.94. The monoisotopic (exact) mass is 517 g/mol. The molecular weight excluding hydrogens is 482 g/mol. The first-order valence-corrected chi connectivity index (χ1v) is 12.7. The van der Waals surface area contributed by atoms with Gasteiger partial charge in [0.15, 0.2) is 6.10 Å². The standard InChI is InChI=1S/C23H35NO10S/c1-17(2)34-22(27)32-16-31-21(26)20(30-14-19-10-7-6-8-11-19)23(4,5)15-33-35(28,29)13-9-12-24-18(3)25/h6-8,10-11,17,20H,9,12-16H2,1-5H3,(H,24,25)/t20-/m0/s1. The summed E-state index contributed by atoms with van der Waals surface area (Å²) in [5.41, 5.74) is -0.362. The van der Waals surface area contributed by atoms with Crippen molar-refractivity contribution in [2.75, 3.05) is 25.7 Å². The van der Waals surface area contributed by atoms with Gasteiger partial charge in [0.2, 0.25) is 12.7 Å². The van der Waals surface area contributed by atoms with E-state index in [1.54, 1.807) is 39.8 Å². The van der Waals surface area contributed by atoms with Crippen molar-refractivity contribution in [2.24, 2.45) is 5.41 Å². The highest BCUT2D eigenvalue weighted by Crippen LogP contribution is 2.27. The van der Waals surface area contributed by atoms with Crippen molar-refractivity contribution in [3.8, 4) is 0 Å². The molecule has 198 valence electrons. The zero-order valence-corrected chi connectivity index (χ0v) is 21.6. The van der Waals surface area contributed by atoms with Gasteiger partial charge in [0.05, 0.1) is 25.1 Å². The van der Waals surface area contributed by atoms with Crippen LogP contribution in [0.3, 0.4) is 0 Å². The molecule has 11 nitrogen and oxygen atoms in total. The molecule has 12 heteroatoms. The quantitative estimate of drug-likeness (QED) is 0.159. The molecular formula is C23H35NO10S.